The molecule has 0 rings (SSSR count). The molecular formula is C9H19ClN2O3. The van der Waals surface area contributed by atoms with Crippen molar-refractivity contribution >= 4 is 24.3 Å². The SMILES string of the molecule is CCOC(=O)CNC(=O)CCCNC.Cl. The predicted molar refractivity (Wildman–Crippen MR) is 60.1 cm³/mol. The molecule has 6 heteroatoms. The van der Waals surface area contributed by atoms with Crippen molar-refractivity contribution < 1.29 is 14.3 Å². The van der Waals surface area contributed by atoms with E-state index in [1.165, 1.54) is 0 Å². The zero-order valence-electron chi connectivity index (χ0n) is 9.17. The van der Waals surface area contributed by atoms with Gasteiger partial charge in [-0.05, 0) is 26.9 Å². The van der Waals surface area contributed by atoms with Crippen molar-refractivity contribution in [2.75, 3.05) is 26.7 Å². The van der Waals surface area contributed by atoms with Gasteiger partial charge in [-0.2, -0.15) is 0 Å². The molecule has 5 nitrogen and oxygen atoms in total. The van der Waals surface area contributed by atoms with E-state index in [0.717, 1.165) is 13.0 Å². The molecule has 0 saturated heterocycles. The molecule has 0 aliphatic rings. The van der Waals surface area contributed by atoms with Gasteiger partial charge in [-0.15, -0.1) is 12.4 Å². The van der Waals surface area contributed by atoms with Crippen LogP contribution in [-0.4, -0.2) is 38.6 Å². The smallest absolute Gasteiger partial charge is 0.325 e. The van der Waals surface area contributed by atoms with Crippen LogP contribution in [0, 0.1) is 0 Å². The largest absolute Gasteiger partial charge is 0.465 e. The van der Waals surface area contributed by atoms with Crippen molar-refractivity contribution in [1.82, 2.24) is 10.6 Å². The average molecular weight is 239 g/mol. The highest BCUT2D eigenvalue weighted by atomic mass is 35.5. The van der Waals surface area contributed by atoms with Crippen molar-refractivity contribution in [2.24, 2.45) is 0 Å². The topological polar surface area (TPSA) is 67.4 Å². The maximum atomic E-state index is 11.1. The van der Waals surface area contributed by atoms with E-state index in [9.17, 15) is 9.59 Å². The van der Waals surface area contributed by atoms with E-state index < -0.39 is 5.97 Å². The van der Waals surface area contributed by atoms with Crippen LogP contribution in [0.25, 0.3) is 0 Å². The highest BCUT2D eigenvalue weighted by Gasteiger charge is 2.04. The Bertz CT molecular complexity index is 188. The van der Waals surface area contributed by atoms with Gasteiger partial charge in [0, 0.05) is 6.42 Å². The summed E-state index contributed by atoms with van der Waals surface area (Å²) in [7, 11) is 1.83. The third kappa shape index (κ3) is 11.1. The first-order valence-corrected chi connectivity index (χ1v) is 4.77. The first-order valence-electron chi connectivity index (χ1n) is 4.77. The minimum absolute atomic E-state index is 0. The Kier molecular flexibility index (Phi) is 12.5. The third-order valence-electron chi connectivity index (χ3n) is 1.57. The Morgan fingerprint density at radius 1 is 1.33 bits per heavy atom. The number of carbonyl (C=O) groups excluding carboxylic acids is 2. The molecule has 0 unspecified atom stereocenters. The highest BCUT2D eigenvalue weighted by Crippen LogP contribution is 1.86. The molecule has 1 amide bonds. The minimum atomic E-state index is -0.394. The molecule has 0 atom stereocenters. The van der Waals surface area contributed by atoms with Crippen LogP contribution < -0.4 is 10.6 Å². The van der Waals surface area contributed by atoms with E-state index >= 15 is 0 Å². The highest BCUT2D eigenvalue weighted by molar-refractivity contribution is 5.85. The van der Waals surface area contributed by atoms with Crippen LogP contribution in [0.3, 0.4) is 0 Å². The average Bonchev–Trinajstić information content (AvgIpc) is 2.16. The normalized spacial score (nSPS) is 8.93. The lowest BCUT2D eigenvalue weighted by molar-refractivity contribution is -0.143. The Hall–Kier alpha value is -0.810. The van der Waals surface area contributed by atoms with Gasteiger partial charge in [0.15, 0.2) is 0 Å². The second-order valence-electron chi connectivity index (χ2n) is 2.79. The monoisotopic (exact) mass is 238 g/mol. The van der Waals surface area contributed by atoms with Crippen LogP contribution in [0.5, 0.6) is 0 Å². The van der Waals surface area contributed by atoms with E-state index in [1.54, 1.807) is 6.92 Å². The number of halogens is 1. The number of hydrogen-bond acceptors (Lipinski definition) is 4. The summed E-state index contributed by atoms with van der Waals surface area (Å²) in [5, 5.41) is 5.42. The molecule has 0 aromatic heterocycles. The van der Waals surface area contributed by atoms with Crippen molar-refractivity contribution in [3.63, 3.8) is 0 Å². The lowest BCUT2D eigenvalue weighted by Gasteiger charge is -2.04. The number of esters is 1. The number of nitrogens with one attached hydrogen (secondary N) is 2. The molecule has 0 bridgehead atoms. The Morgan fingerprint density at radius 3 is 2.53 bits per heavy atom. The molecule has 15 heavy (non-hydrogen) atoms. The molecule has 90 valence electrons. The zero-order chi connectivity index (χ0) is 10.8. The Labute approximate surface area is 96.3 Å². The fourth-order valence-corrected chi connectivity index (χ4v) is 0.897. The summed E-state index contributed by atoms with van der Waals surface area (Å²) in [4.78, 5) is 21.9. The van der Waals surface area contributed by atoms with Gasteiger partial charge in [0.05, 0.1) is 6.61 Å². The van der Waals surface area contributed by atoms with Gasteiger partial charge in [0.25, 0.3) is 0 Å². The first kappa shape index (κ1) is 16.6. The summed E-state index contributed by atoms with van der Waals surface area (Å²) in [6, 6.07) is 0. The molecule has 0 fully saturated rings. The van der Waals surface area contributed by atoms with Crippen LogP contribution in [-0.2, 0) is 14.3 Å². The van der Waals surface area contributed by atoms with E-state index in [0.29, 0.717) is 13.0 Å². The molecule has 0 spiro atoms. The molecule has 0 aromatic carbocycles. The minimum Gasteiger partial charge on any atom is -0.465 e. The second-order valence-corrected chi connectivity index (χ2v) is 2.79. The fraction of sp³-hybridized carbons (Fsp3) is 0.778. The fourth-order valence-electron chi connectivity index (χ4n) is 0.897. The number of ether oxygens (including phenoxy) is 1. The molecule has 0 aromatic rings. The predicted octanol–water partition coefficient (Wildman–Crippen LogP) is 0.0871. The molecule has 2 N–H and O–H groups in total. The van der Waals surface area contributed by atoms with Gasteiger partial charge >= 0.3 is 5.97 Å². The molecule has 0 aliphatic heterocycles. The van der Waals surface area contributed by atoms with E-state index in [-0.39, 0.29) is 24.9 Å². The summed E-state index contributed by atoms with van der Waals surface area (Å²) in [5.41, 5.74) is 0. The maximum absolute atomic E-state index is 11.1. The van der Waals surface area contributed by atoms with Crippen LogP contribution in [0.2, 0.25) is 0 Å². The quantitative estimate of drug-likeness (QED) is 0.487. The number of hydrogen-bond donors (Lipinski definition) is 2. The lowest BCUT2D eigenvalue weighted by atomic mass is 10.3. The summed E-state index contributed by atoms with van der Waals surface area (Å²) in [6.45, 7) is 2.83. The number of carbonyl (C=O) groups is 2. The van der Waals surface area contributed by atoms with Crippen molar-refractivity contribution in [2.45, 2.75) is 19.8 Å². The Morgan fingerprint density at radius 2 is 2.00 bits per heavy atom. The van der Waals surface area contributed by atoms with Crippen molar-refractivity contribution in [3.8, 4) is 0 Å². The van der Waals surface area contributed by atoms with Crippen molar-refractivity contribution in [3.05, 3.63) is 0 Å². The molecule has 0 saturated carbocycles. The summed E-state index contributed by atoms with van der Waals surface area (Å²) in [6.07, 6.45) is 1.20. The summed E-state index contributed by atoms with van der Waals surface area (Å²) in [5.74, 6) is -0.511. The van der Waals surface area contributed by atoms with E-state index in [2.05, 4.69) is 15.4 Å². The van der Waals surface area contributed by atoms with Crippen molar-refractivity contribution in [1.29, 1.82) is 0 Å². The van der Waals surface area contributed by atoms with Gasteiger partial charge in [0.2, 0.25) is 5.91 Å². The lowest BCUT2D eigenvalue weighted by Crippen LogP contribution is -2.30. The third-order valence-corrected chi connectivity index (χ3v) is 1.57. The molecule has 0 aliphatic carbocycles. The number of amides is 1. The van der Waals surface area contributed by atoms with Crippen LogP contribution in [0.4, 0.5) is 0 Å². The van der Waals surface area contributed by atoms with Gasteiger partial charge < -0.3 is 15.4 Å². The number of rotatable bonds is 7. The first-order chi connectivity index (χ1) is 6.70. The summed E-state index contributed by atoms with van der Waals surface area (Å²) < 4.78 is 4.65. The maximum Gasteiger partial charge on any atom is 0.325 e. The van der Waals surface area contributed by atoms with Gasteiger partial charge in [-0.3, -0.25) is 9.59 Å². The summed E-state index contributed by atoms with van der Waals surface area (Å²) >= 11 is 0. The van der Waals surface area contributed by atoms with Gasteiger partial charge in [-0.25, -0.2) is 0 Å². The van der Waals surface area contributed by atoms with Gasteiger partial charge in [0.1, 0.15) is 6.54 Å². The zero-order valence-corrected chi connectivity index (χ0v) is 9.99. The van der Waals surface area contributed by atoms with Crippen LogP contribution in [0.1, 0.15) is 19.8 Å². The molecular weight excluding hydrogens is 220 g/mol. The standard InChI is InChI=1S/C9H18N2O3.ClH/c1-3-14-9(13)7-11-8(12)5-4-6-10-2;/h10H,3-7H2,1-2H3,(H,11,12);1H. The van der Waals surface area contributed by atoms with Gasteiger partial charge in [-0.1, -0.05) is 0 Å². The molecule has 0 heterocycles. The van der Waals surface area contributed by atoms with E-state index in [1.807, 2.05) is 7.05 Å². The second kappa shape index (κ2) is 11.3. The molecule has 0 radical (unpaired) electrons. The van der Waals surface area contributed by atoms with Crippen LogP contribution in [0.15, 0.2) is 0 Å². The van der Waals surface area contributed by atoms with E-state index in [4.69, 9.17) is 0 Å². The Balaban J connectivity index is 0. The van der Waals surface area contributed by atoms with Crippen LogP contribution >= 0.6 is 12.4 Å².